The van der Waals surface area contributed by atoms with Crippen molar-refractivity contribution in [2.45, 2.75) is 6.92 Å². The summed E-state index contributed by atoms with van der Waals surface area (Å²) in [6, 6.07) is 9.00. The predicted octanol–water partition coefficient (Wildman–Crippen LogP) is 2.24. The van der Waals surface area contributed by atoms with Crippen LogP contribution in [-0.2, 0) is 7.05 Å². The maximum absolute atomic E-state index is 11.8. The summed E-state index contributed by atoms with van der Waals surface area (Å²) in [4.78, 5) is 11.8. The molecule has 0 aliphatic heterocycles. The fraction of sp³-hybridized carbons (Fsp3) is 0.154. The van der Waals surface area contributed by atoms with E-state index in [4.69, 9.17) is 5.26 Å². The summed E-state index contributed by atoms with van der Waals surface area (Å²) in [5, 5.41) is 18.1. The molecule has 0 aliphatic carbocycles. The zero-order valence-corrected chi connectivity index (χ0v) is 10.6. The Morgan fingerprint density at radius 2 is 2.21 bits per heavy atom. The quantitative estimate of drug-likeness (QED) is 0.863. The van der Waals surface area contributed by atoms with Gasteiger partial charge in [0.2, 0.25) is 0 Å². The number of carbonyl (C=O) groups is 1. The minimum Gasteiger partial charge on any atom is -0.308 e. The number of rotatable bonds is 2. The fourth-order valence-electron chi connectivity index (χ4n) is 1.66. The van der Waals surface area contributed by atoms with Crippen molar-refractivity contribution in [3.63, 3.8) is 0 Å². The lowest BCUT2D eigenvalue weighted by Crippen LogP contribution is -2.21. The number of anilines is 2. The van der Waals surface area contributed by atoms with Crippen LogP contribution in [-0.4, -0.2) is 15.8 Å². The van der Waals surface area contributed by atoms with Gasteiger partial charge in [-0.1, -0.05) is 12.1 Å². The number of carbonyl (C=O) groups excluding carboxylic acids is 1. The highest BCUT2D eigenvalue weighted by molar-refractivity contribution is 5.99. The number of nitrogens with zero attached hydrogens (tertiary/aromatic N) is 3. The van der Waals surface area contributed by atoms with Gasteiger partial charge < -0.3 is 5.32 Å². The smallest absolute Gasteiger partial charge is 0.308 e. The van der Waals surface area contributed by atoms with Crippen LogP contribution in [0, 0.1) is 18.3 Å². The van der Waals surface area contributed by atoms with Crippen LogP contribution >= 0.6 is 0 Å². The molecule has 0 fully saturated rings. The number of aryl methyl sites for hydroxylation is 2. The lowest BCUT2D eigenvalue weighted by molar-refractivity contribution is 0.262. The van der Waals surface area contributed by atoms with E-state index in [9.17, 15) is 4.79 Å². The second-order valence-corrected chi connectivity index (χ2v) is 4.09. The summed E-state index contributed by atoms with van der Waals surface area (Å²) in [5.41, 5.74) is 2.07. The van der Waals surface area contributed by atoms with Crippen LogP contribution < -0.4 is 10.6 Å². The lowest BCUT2D eigenvalue weighted by atomic mass is 10.2. The van der Waals surface area contributed by atoms with Crippen LogP contribution in [0.5, 0.6) is 0 Å². The zero-order chi connectivity index (χ0) is 13.8. The summed E-state index contributed by atoms with van der Waals surface area (Å²) < 4.78 is 1.44. The minimum atomic E-state index is -0.411. The van der Waals surface area contributed by atoms with Gasteiger partial charge in [-0.25, -0.2) is 4.79 Å². The molecule has 2 amide bonds. The molecule has 19 heavy (non-hydrogen) atoms. The molecule has 6 heteroatoms. The number of nitriles is 1. The molecule has 0 spiro atoms. The third kappa shape index (κ3) is 2.90. The molecule has 1 aromatic heterocycles. The van der Waals surface area contributed by atoms with Crippen LogP contribution in [0.4, 0.5) is 16.3 Å². The van der Waals surface area contributed by atoms with Crippen molar-refractivity contribution in [2.75, 3.05) is 10.6 Å². The minimum absolute atomic E-state index is 0.321. The molecule has 0 saturated heterocycles. The van der Waals surface area contributed by atoms with E-state index in [1.807, 2.05) is 31.2 Å². The van der Waals surface area contributed by atoms with Crippen LogP contribution in [0.1, 0.15) is 11.1 Å². The summed E-state index contributed by atoms with van der Waals surface area (Å²) >= 11 is 0. The average molecular weight is 255 g/mol. The molecule has 0 saturated carbocycles. The van der Waals surface area contributed by atoms with Gasteiger partial charge in [-0.05, 0) is 24.6 Å². The molecule has 2 aromatic rings. The van der Waals surface area contributed by atoms with Gasteiger partial charge in [0, 0.05) is 12.7 Å². The Balaban J connectivity index is 2.10. The highest BCUT2D eigenvalue weighted by Crippen LogP contribution is 2.14. The number of urea groups is 1. The highest BCUT2D eigenvalue weighted by atomic mass is 16.2. The van der Waals surface area contributed by atoms with Crippen molar-refractivity contribution in [1.29, 1.82) is 5.26 Å². The number of hydrogen-bond donors (Lipinski definition) is 2. The van der Waals surface area contributed by atoms with Gasteiger partial charge in [0.25, 0.3) is 0 Å². The van der Waals surface area contributed by atoms with Crippen molar-refractivity contribution >= 4 is 17.5 Å². The van der Waals surface area contributed by atoms with Gasteiger partial charge in [0.1, 0.15) is 17.5 Å². The Kier molecular flexibility index (Phi) is 3.48. The van der Waals surface area contributed by atoms with Crippen LogP contribution in [0.2, 0.25) is 0 Å². The van der Waals surface area contributed by atoms with E-state index in [2.05, 4.69) is 15.7 Å². The van der Waals surface area contributed by atoms with Gasteiger partial charge in [0.05, 0.1) is 6.20 Å². The third-order valence-corrected chi connectivity index (χ3v) is 2.57. The third-order valence-electron chi connectivity index (χ3n) is 2.57. The normalized spacial score (nSPS) is 9.74. The summed E-state index contributed by atoms with van der Waals surface area (Å²) in [7, 11) is 1.66. The molecule has 1 heterocycles. The van der Waals surface area contributed by atoms with Crippen LogP contribution in [0.3, 0.4) is 0 Å². The summed E-state index contributed by atoms with van der Waals surface area (Å²) in [5.74, 6) is 0.368. The average Bonchev–Trinajstić information content (AvgIpc) is 2.70. The lowest BCUT2D eigenvalue weighted by Gasteiger charge is -2.08. The van der Waals surface area contributed by atoms with Gasteiger partial charge in [0.15, 0.2) is 0 Å². The molecule has 2 N–H and O–H groups in total. The van der Waals surface area contributed by atoms with E-state index >= 15 is 0 Å². The number of nitrogens with one attached hydrogen (secondary N) is 2. The second-order valence-electron chi connectivity index (χ2n) is 4.09. The van der Waals surface area contributed by atoms with E-state index in [1.54, 1.807) is 13.1 Å². The predicted molar refractivity (Wildman–Crippen MR) is 71.7 cm³/mol. The van der Waals surface area contributed by atoms with E-state index in [-0.39, 0.29) is 0 Å². The molecule has 0 atom stereocenters. The first-order valence-corrected chi connectivity index (χ1v) is 5.67. The van der Waals surface area contributed by atoms with Gasteiger partial charge in [-0.3, -0.25) is 10.00 Å². The molecular weight excluding hydrogens is 242 g/mol. The molecule has 1 aromatic carbocycles. The van der Waals surface area contributed by atoms with Gasteiger partial charge in [-0.15, -0.1) is 0 Å². The Bertz CT molecular complexity index is 653. The Labute approximate surface area is 110 Å². The fourth-order valence-corrected chi connectivity index (χ4v) is 1.66. The molecule has 0 radical (unpaired) electrons. The summed E-state index contributed by atoms with van der Waals surface area (Å²) in [6.45, 7) is 1.94. The van der Waals surface area contributed by atoms with E-state index in [0.29, 0.717) is 17.1 Å². The van der Waals surface area contributed by atoms with Gasteiger partial charge in [-0.2, -0.15) is 10.4 Å². The van der Waals surface area contributed by atoms with Crippen LogP contribution in [0.25, 0.3) is 0 Å². The molecule has 96 valence electrons. The standard InChI is InChI=1S/C13H13N5O/c1-9-4-3-5-11(6-9)16-13(19)17-12-10(7-14)8-15-18(12)2/h3-6,8H,1-2H3,(H2,16,17,19). The summed E-state index contributed by atoms with van der Waals surface area (Å²) in [6.07, 6.45) is 1.41. The van der Waals surface area contributed by atoms with Crippen molar-refractivity contribution in [1.82, 2.24) is 9.78 Å². The Morgan fingerprint density at radius 1 is 1.42 bits per heavy atom. The zero-order valence-electron chi connectivity index (χ0n) is 10.6. The molecule has 0 aliphatic rings. The molecular formula is C13H13N5O. The maximum Gasteiger partial charge on any atom is 0.324 e. The molecule has 0 unspecified atom stereocenters. The Hall–Kier alpha value is -2.81. The van der Waals surface area contributed by atoms with Crippen molar-refractivity contribution in [3.05, 3.63) is 41.6 Å². The largest absolute Gasteiger partial charge is 0.324 e. The number of benzene rings is 1. The van der Waals surface area contributed by atoms with Gasteiger partial charge >= 0.3 is 6.03 Å². The van der Waals surface area contributed by atoms with E-state index in [0.717, 1.165) is 5.56 Å². The first-order chi connectivity index (χ1) is 9.10. The highest BCUT2D eigenvalue weighted by Gasteiger charge is 2.11. The van der Waals surface area contributed by atoms with E-state index in [1.165, 1.54) is 10.9 Å². The second kappa shape index (κ2) is 5.23. The van der Waals surface area contributed by atoms with Crippen LogP contribution in [0.15, 0.2) is 30.5 Å². The molecule has 0 bridgehead atoms. The molecule has 2 rings (SSSR count). The SMILES string of the molecule is Cc1cccc(NC(=O)Nc2c(C#N)cnn2C)c1. The Morgan fingerprint density at radius 3 is 2.89 bits per heavy atom. The number of hydrogen-bond acceptors (Lipinski definition) is 3. The topological polar surface area (TPSA) is 82.7 Å². The monoisotopic (exact) mass is 255 g/mol. The van der Waals surface area contributed by atoms with E-state index < -0.39 is 6.03 Å². The maximum atomic E-state index is 11.8. The van der Waals surface area contributed by atoms with Crippen molar-refractivity contribution in [2.24, 2.45) is 7.05 Å². The molecule has 6 nitrogen and oxygen atoms in total. The van der Waals surface area contributed by atoms with Crippen molar-refractivity contribution < 1.29 is 4.79 Å². The first kappa shape index (κ1) is 12.6. The number of aromatic nitrogens is 2. The van der Waals surface area contributed by atoms with Crippen molar-refractivity contribution in [3.8, 4) is 6.07 Å². The first-order valence-electron chi connectivity index (χ1n) is 5.67. The number of amides is 2.